The highest BCUT2D eigenvalue weighted by atomic mass is 32.1. The minimum atomic E-state index is 0.133. The third-order valence-electron chi connectivity index (χ3n) is 4.13. The van der Waals surface area contributed by atoms with E-state index in [1.165, 1.54) is 6.42 Å². The van der Waals surface area contributed by atoms with Gasteiger partial charge in [0.1, 0.15) is 0 Å². The van der Waals surface area contributed by atoms with Crippen molar-refractivity contribution in [3.8, 4) is 0 Å². The van der Waals surface area contributed by atoms with Crippen molar-refractivity contribution in [3.05, 3.63) is 29.8 Å². The molecule has 2 N–H and O–H groups in total. The monoisotopic (exact) mass is 333 g/mol. The van der Waals surface area contributed by atoms with Gasteiger partial charge in [0.25, 0.3) is 5.91 Å². The summed E-state index contributed by atoms with van der Waals surface area (Å²) < 4.78 is 0. The molecule has 0 radical (unpaired) electrons. The summed E-state index contributed by atoms with van der Waals surface area (Å²) >= 11 is 5.32. The summed E-state index contributed by atoms with van der Waals surface area (Å²) in [5.41, 5.74) is 1.65. The van der Waals surface area contributed by atoms with Crippen molar-refractivity contribution in [1.29, 1.82) is 0 Å². The fourth-order valence-electron chi connectivity index (χ4n) is 2.87. The van der Waals surface area contributed by atoms with Gasteiger partial charge in [-0.05, 0) is 69.1 Å². The summed E-state index contributed by atoms with van der Waals surface area (Å²) in [5, 5.41) is 7.06. The van der Waals surface area contributed by atoms with Crippen LogP contribution in [0.1, 0.15) is 56.3 Å². The fourth-order valence-corrected chi connectivity index (χ4v) is 3.19. The molecule has 0 unspecified atom stereocenters. The number of nitrogens with one attached hydrogen (secondary N) is 2. The number of benzene rings is 1. The van der Waals surface area contributed by atoms with Crippen molar-refractivity contribution in [2.24, 2.45) is 0 Å². The first-order valence-electron chi connectivity index (χ1n) is 8.57. The highest BCUT2D eigenvalue weighted by Gasteiger charge is 2.17. The molecule has 1 amide bonds. The number of thiocarbonyl (C=S) groups is 1. The second kappa shape index (κ2) is 8.87. The van der Waals surface area contributed by atoms with Gasteiger partial charge < -0.3 is 15.5 Å². The first-order valence-corrected chi connectivity index (χ1v) is 8.98. The van der Waals surface area contributed by atoms with Gasteiger partial charge in [-0.2, -0.15) is 0 Å². The van der Waals surface area contributed by atoms with Gasteiger partial charge in [-0.25, -0.2) is 0 Å². The Bertz CT molecular complexity index is 524. The molecule has 1 aromatic carbocycles. The molecule has 0 saturated carbocycles. The van der Waals surface area contributed by atoms with E-state index in [4.69, 9.17) is 12.2 Å². The average Bonchev–Trinajstić information content (AvgIpc) is 2.56. The zero-order valence-electron chi connectivity index (χ0n) is 14.1. The van der Waals surface area contributed by atoms with E-state index in [-0.39, 0.29) is 5.91 Å². The molecule has 0 bridgehead atoms. The molecule has 1 saturated heterocycles. The smallest absolute Gasteiger partial charge is 0.253 e. The number of amides is 1. The molecule has 1 fully saturated rings. The predicted octanol–water partition coefficient (Wildman–Crippen LogP) is 3.79. The molecule has 1 aliphatic rings. The van der Waals surface area contributed by atoms with E-state index in [0.717, 1.165) is 50.0 Å². The minimum Gasteiger partial charge on any atom is -0.360 e. The number of carbonyl (C=O) groups excluding carboxylic acids is 1. The predicted molar refractivity (Wildman–Crippen MR) is 99.9 cm³/mol. The van der Waals surface area contributed by atoms with Crippen LogP contribution in [0.5, 0.6) is 0 Å². The number of likely N-dealkylation sites (tertiary alicyclic amines) is 1. The van der Waals surface area contributed by atoms with E-state index >= 15 is 0 Å². The fraction of sp³-hybridized carbons (Fsp3) is 0.556. The van der Waals surface area contributed by atoms with Crippen LogP contribution in [-0.4, -0.2) is 35.1 Å². The molecule has 126 valence electrons. The molecular formula is C18H27N3OS. The highest BCUT2D eigenvalue weighted by molar-refractivity contribution is 7.80. The van der Waals surface area contributed by atoms with E-state index in [2.05, 4.69) is 24.5 Å². The molecule has 1 aliphatic heterocycles. The van der Waals surface area contributed by atoms with Gasteiger partial charge in [0.15, 0.2) is 5.11 Å². The van der Waals surface area contributed by atoms with Crippen molar-refractivity contribution in [1.82, 2.24) is 10.2 Å². The van der Waals surface area contributed by atoms with Crippen LogP contribution >= 0.6 is 12.2 Å². The molecule has 2 rings (SSSR count). The van der Waals surface area contributed by atoms with Gasteiger partial charge in [-0.3, -0.25) is 4.79 Å². The van der Waals surface area contributed by atoms with Gasteiger partial charge in [-0.15, -0.1) is 0 Å². The summed E-state index contributed by atoms with van der Waals surface area (Å²) in [7, 11) is 0. The van der Waals surface area contributed by atoms with Crippen LogP contribution in [0.15, 0.2) is 24.3 Å². The summed E-state index contributed by atoms with van der Waals surface area (Å²) in [6.45, 7) is 6.04. The van der Waals surface area contributed by atoms with Crippen molar-refractivity contribution in [2.45, 2.75) is 52.0 Å². The molecule has 0 spiro atoms. The molecule has 5 heteroatoms. The maximum absolute atomic E-state index is 12.4. The van der Waals surface area contributed by atoms with Gasteiger partial charge in [0.2, 0.25) is 0 Å². The summed E-state index contributed by atoms with van der Waals surface area (Å²) in [5.74, 6) is 0.133. The maximum Gasteiger partial charge on any atom is 0.253 e. The summed E-state index contributed by atoms with van der Waals surface area (Å²) in [4.78, 5) is 14.4. The first-order chi connectivity index (χ1) is 11.1. The van der Waals surface area contributed by atoms with Crippen LogP contribution in [0.25, 0.3) is 0 Å². The van der Waals surface area contributed by atoms with Crippen LogP contribution in [0.2, 0.25) is 0 Å². The Morgan fingerprint density at radius 1 is 1.22 bits per heavy atom. The van der Waals surface area contributed by atoms with Crippen LogP contribution < -0.4 is 10.6 Å². The van der Waals surface area contributed by atoms with Gasteiger partial charge in [0, 0.05) is 30.4 Å². The third-order valence-corrected chi connectivity index (χ3v) is 4.35. The van der Waals surface area contributed by atoms with Gasteiger partial charge in [0.05, 0.1) is 0 Å². The van der Waals surface area contributed by atoms with E-state index in [0.29, 0.717) is 11.2 Å². The Labute approximate surface area is 144 Å². The number of rotatable bonds is 5. The number of hydrogen-bond donors (Lipinski definition) is 2. The standard InChI is InChI=1S/C18H27N3OS/c1-3-7-14(2)19-18(23)20-16-10-8-15(9-11-16)17(22)21-12-5-4-6-13-21/h8-11,14H,3-7,12-13H2,1-2H3,(H2,19,20,23)/t14-/m1/s1. The Morgan fingerprint density at radius 3 is 2.48 bits per heavy atom. The molecule has 4 nitrogen and oxygen atoms in total. The highest BCUT2D eigenvalue weighted by Crippen LogP contribution is 2.15. The third kappa shape index (κ3) is 5.50. The summed E-state index contributed by atoms with van der Waals surface area (Å²) in [6.07, 6.45) is 5.67. The van der Waals surface area contributed by atoms with E-state index in [1.807, 2.05) is 29.2 Å². The van der Waals surface area contributed by atoms with Crippen LogP contribution in [-0.2, 0) is 0 Å². The lowest BCUT2D eigenvalue weighted by molar-refractivity contribution is 0.0724. The van der Waals surface area contributed by atoms with Crippen LogP contribution in [0.4, 0.5) is 5.69 Å². The lowest BCUT2D eigenvalue weighted by Crippen LogP contribution is -2.36. The van der Waals surface area contributed by atoms with E-state index in [9.17, 15) is 4.79 Å². The van der Waals surface area contributed by atoms with E-state index in [1.54, 1.807) is 0 Å². The number of hydrogen-bond acceptors (Lipinski definition) is 2. The molecule has 1 heterocycles. The zero-order chi connectivity index (χ0) is 16.7. The zero-order valence-corrected chi connectivity index (χ0v) is 14.9. The number of carbonyl (C=O) groups is 1. The van der Waals surface area contributed by atoms with Crippen molar-refractivity contribution < 1.29 is 4.79 Å². The number of anilines is 1. The van der Waals surface area contributed by atoms with Gasteiger partial charge in [-0.1, -0.05) is 13.3 Å². The average molecular weight is 334 g/mol. The Balaban J connectivity index is 1.88. The lowest BCUT2D eigenvalue weighted by atomic mass is 10.1. The second-order valence-corrected chi connectivity index (χ2v) is 6.63. The van der Waals surface area contributed by atoms with Crippen molar-refractivity contribution >= 4 is 28.9 Å². The topological polar surface area (TPSA) is 44.4 Å². The molecule has 1 atom stereocenters. The molecule has 0 aromatic heterocycles. The maximum atomic E-state index is 12.4. The van der Waals surface area contributed by atoms with Crippen LogP contribution in [0, 0.1) is 0 Å². The number of piperidine rings is 1. The normalized spacial score (nSPS) is 15.8. The Morgan fingerprint density at radius 2 is 1.87 bits per heavy atom. The van der Waals surface area contributed by atoms with Crippen LogP contribution in [0.3, 0.4) is 0 Å². The Hall–Kier alpha value is -1.62. The van der Waals surface area contributed by atoms with E-state index < -0.39 is 0 Å². The second-order valence-electron chi connectivity index (χ2n) is 6.22. The SMILES string of the molecule is CCC[C@@H](C)NC(=S)Nc1ccc(C(=O)N2CCCCC2)cc1. The minimum absolute atomic E-state index is 0.133. The van der Waals surface area contributed by atoms with Crippen molar-refractivity contribution in [3.63, 3.8) is 0 Å². The molecular weight excluding hydrogens is 306 g/mol. The largest absolute Gasteiger partial charge is 0.360 e. The molecule has 23 heavy (non-hydrogen) atoms. The molecule has 1 aromatic rings. The molecule has 0 aliphatic carbocycles. The Kier molecular flexibility index (Phi) is 6.84. The van der Waals surface area contributed by atoms with Gasteiger partial charge >= 0.3 is 0 Å². The quantitative estimate of drug-likeness (QED) is 0.805. The lowest BCUT2D eigenvalue weighted by Gasteiger charge is -2.26. The first kappa shape index (κ1) is 17.7. The van der Waals surface area contributed by atoms with Crippen molar-refractivity contribution in [2.75, 3.05) is 18.4 Å². The summed E-state index contributed by atoms with van der Waals surface area (Å²) in [6, 6.07) is 7.93. The number of nitrogens with zero attached hydrogens (tertiary/aromatic N) is 1.